The minimum absolute atomic E-state index is 0.246. The maximum atomic E-state index is 12.6. The Bertz CT molecular complexity index is 898. The van der Waals surface area contributed by atoms with E-state index in [1.54, 1.807) is 24.3 Å². The molecule has 2 amide bonds. The molecule has 0 aliphatic carbocycles. The molecule has 2 aromatic carbocycles. The van der Waals surface area contributed by atoms with Crippen LogP contribution in [0.4, 0.5) is 10.5 Å². The molecule has 3 rings (SSSR count). The number of nitrogens with zero attached hydrogens (tertiary/aromatic N) is 1. The lowest BCUT2D eigenvalue weighted by Gasteiger charge is -2.13. The monoisotopic (exact) mass is 417 g/mol. The van der Waals surface area contributed by atoms with Crippen molar-refractivity contribution in [1.82, 2.24) is 0 Å². The van der Waals surface area contributed by atoms with Crippen LogP contribution in [0.2, 0.25) is 20.1 Å². The predicted molar refractivity (Wildman–Crippen MR) is 101 cm³/mol. The van der Waals surface area contributed by atoms with Gasteiger partial charge in [-0.25, -0.2) is 4.90 Å². The van der Waals surface area contributed by atoms with Gasteiger partial charge in [0.2, 0.25) is 0 Å². The van der Waals surface area contributed by atoms with Crippen molar-refractivity contribution in [1.29, 1.82) is 0 Å². The summed E-state index contributed by atoms with van der Waals surface area (Å²) in [5.74, 6) is -0.459. The molecule has 0 N–H and O–H groups in total. The van der Waals surface area contributed by atoms with Gasteiger partial charge in [-0.3, -0.25) is 9.59 Å². The van der Waals surface area contributed by atoms with Gasteiger partial charge in [-0.1, -0.05) is 58.5 Å². The third-order valence-electron chi connectivity index (χ3n) is 3.22. The quantitative estimate of drug-likeness (QED) is 0.519. The van der Waals surface area contributed by atoms with Crippen LogP contribution in [0.25, 0.3) is 6.08 Å². The molecular formula is C16H7Cl4NO2S. The fraction of sp³-hybridized carbons (Fsp3) is 0. The minimum Gasteiger partial charge on any atom is -0.268 e. The van der Waals surface area contributed by atoms with Crippen molar-refractivity contribution in [2.75, 3.05) is 4.90 Å². The number of halogens is 4. The van der Waals surface area contributed by atoms with E-state index >= 15 is 0 Å². The lowest BCUT2D eigenvalue weighted by Crippen LogP contribution is -2.27. The highest BCUT2D eigenvalue weighted by atomic mass is 35.5. The van der Waals surface area contributed by atoms with E-state index in [4.69, 9.17) is 46.4 Å². The van der Waals surface area contributed by atoms with Crippen molar-refractivity contribution >= 4 is 81.1 Å². The van der Waals surface area contributed by atoms with Gasteiger partial charge in [0.05, 0.1) is 30.7 Å². The van der Waals surface area contributed by atoms with Crippen LogP contribution in [-0.2, 0) is 4.79 Å². The number of rotatable bonds is 2. The number of hydrogen-bond donors (Lipinski definition) is 0. The number of hydrogen-bond acceptors (Lipinski definition) is 3. The molecule has 1 aliphatic heterocycles. The van der Waals surface area contributed by atoms with Crippen molar-refractivity contribution in [3.8, 4) is 0 Å². The van der Waals surface area contributed by atoms with E-state index in [-0.39, 0.29) is 9.93 Å². The lowest BCUT2D eigenvalue weighted by molar-refractivity contribution is -0.113. The van der Waals surface area contributed by atoms with Gasteiger partial charge in [-0.05, 0) is 47.7 Å². The van der Waals surface area contributed by atoms with Crippen LogP contribution in [0.1, 0.15) is 5.56 Å². The molecular weight excluding hydrogens is 412 g/mol. The number of thioether (sulfide) groups is 1. The summed E-state index contributed by atoms with van der Waals surface area (Å²) >= 11 is 24.7. The zero-order valence-electron chi connectivity index (χ0n) is 11.7. The Kier molecular flexibility index (Phi) is 5.13. The molecule has 0 saturated carbocycles. The SMILES string of the molecule is O=C1SC(=Cc2cccc(Cl)c2Cl)C(=O)N1c1ccc(Cl)c(Cl)c1. The van der Waals surface area contributed by atoms with E-state index < -0.39 is 11.1 Å². The summed E-state index contributed by atoms with van der Waals surface area (Å²) in [5.41, 5.74) is 0.913. The van der Waals surface area contributed by atoms with Crippen molar-refractivity contribution < 1.29 is 9.59 Å². The van der Waals surface area contributed by atoms with Crippen LogP contribution in [-0.4, -0.2) is 11.1 Å². The molecule has 0 atom stereocenters. The van der Waals surface area contributed by atoms with Crippen LogP contribution in [0.5, 0.6) is 0 Å². The number of carbonyl (C=O) groups excluding carboxylic acids is 2. The van der Waals surface area contributed by atoms with Gasteiger partial charge < -0.3 is 0 Å². The Morgan fingerprint density at radius 1 is 0.917 bits per heavy atom. The van der Waals surface area contributed by atoms with Crippen LogP contribution in [0, 0.1) is 0 Å². The normalized spacial score (nSPS) is 16.3. The summed E-state index contributed by atoms with van der Waals surface area (Å²) in [5, 5.41) is 0.862. The molecule has 2 aromatic rings. The number of amides is 2. The van der Waals surface area contributed by atoms with Crippen molar-refractivity contribution in [2.45, 2.75) is 0 Å². The molecule has 1 fully saturated rings. The summed E-state index contributed by atoms with van der Waals surface area (Å²) < 4.78 is 0. The van der Waals surface area contributed by atoms with Crippen LogP contribution in [0.3, 0.4) is 0 Å². The summed E-state index contributed by atoms with van der Waals surface area (Å²) in [6.45, 7) is 0. The molecule has 0 spiro atoms. The van der Waals surface area contributed by atoms with Crippen LogP contribution < -0.4 is 4.90 Å². The maximum absolute atomic E-state index is 12.6. The molecule has 122 valence electrons. The largest absolute Gasteiger partial charge is 0.298 e. The van der Waals surface area contributed by atoms with E-state index in [1.165, 1.54) is 18.2 Å². The first-order valence-corrected chi connectivity index (χ1v) is 8.88. The highest BCUT2D eigenvalue weighted by molar-refractivity contribution is 8.19. The topological polar surface area (TPSA) is 37.4 Å². The van der Waals surface area contributed by atoms with Gasteiger partial charge in [0, 0.05) is 0 Å². The number of imide groups is 1. The number of anilines is 1. The molecule has 0 bridgehead atoms. The molecule has 3 nitrogen and oxygen atoms in total. The Morgan fingerprint density at radius 3 is 2.38 bits per heavy atom. The third kappa shape index (κ3) is 3.30. The lowest BCUT2D eigenvalue weighted by atomic mass is 10.2. The third-order valence-corrected chi connectivity index (χ3v) is 5.67. The summed E-state index contributed by atoms with van der Waals surface area (Å²) in [6, 6.07) is 9.61. The van der Waals surface area contributed by atoms with Gasteiger partial charge in [0.15, 0.2) is 0 Å². The van der Waals surface area contributed by atoms with Gasteiger partial charge in [0.1, 0.15) is 0 Å². The standard InChI is InChI=1S/C16H7Cl4NO2S/c17-10-5-4-9(7-12(10)19)21-15(22)13(24-16(21)23)6-8-2-1-3-11(18)14(8)20/h1-7H. The zero-order chi connectivity index (χ0) is 17.4. The molecule has 24 heavy (non-hydrogen) atoms. The molecule has 0 unspecified atom stereocenters. The average molecular weight is 419 g/mol. The first-order chi connectivity index (χ1) is 11.4. The predicted octanol–water partition coefficient (Wildman–Crippen LogP) is 6.54. The first kappa shape index (κ1) is 17.6. The van der Waals surface area contributed by atoms with E-state index in [9.17, 15) is 9.59 Å². The van der Waals surface area contributed by atoms with Gasteiger partial charge in [0.25, 0.3) is 11.1 Å². The highest BCUT2D eigenvalue weighted by Crippen LogP contribution is 2.38. The zero-order valence-corrected chi connectivity index (χ0v) is 15.6. The molecule has 0 aromatic heterocycles. The van der Waals surface area contributed by atoms with E-state index in [0.29, 0.717) is 26.3 Å². The van der Waals surface area contributed by atoms with Gasteiger partial charge in [-0.15, -0.1) is 0 Å². The fourth-order valence-corrected chi connectivity index (χ4v) is 3.57. The Balaban J connectivity index is 1.98. The van der Waals surface area contributed by atoms with E-state index in [1.807, 2.05) is 0 Å². The van der Waals surface area contributed by atoms with Crippen LogP contribution >= 0.6 is 58.2 Å². The smallest absolute Gasteiger partial charge is 0.268 e. The van der Waals surface area contributed by atoms with Crippen molar-refractivity contribution in [2.24, 2.45) is 0 Å². The Hall–Kier alpha value is -1.17. The van der Waals surface area contributed by atoms with Crippen molar-refractivity contribution in [3.63, 3.8) is 0 Å². The number of benzene rings is 2. The maximum Gasteiger partial charge on any atom is 0.298 e. The molecule has 1 saturated heterocycles. The Morgan fingerprint density at radius 2 is 1.67 bits per heavy atom. The first-order valence-electron chi connectivity index (χ1n) is 6.55. The van der Waals surface area contributed by atoms with E-state index in [0.717, 1.165) is 16.7 Å². The second-order valence-electron chi connectivity index (χ2n) is 4.76. The second kappa shape index (κ2) is 6.98. The molecule has 0 radical (unpaired) electrons. The highest BCUT2D eigenvalue weighted by Gasteiger charge is 2.36. The molecule has 8 heteroatoms. The van der Waals surface area contributed by atoms with Gasteiger partial charge in [-0.2, -0.15) is 0 Å². The van der Waals surface area contributed by atoms with E-state index in [2.05, 4.69) is 0 Å². The summed E-state index contributed by atoms with van der Waals surface area (Å²) in [4.78, 5) is 26.1. The summed E-state index contributed by atoms with van der Waals surface area (Å²) in [6.07, 6.45) is 1.54. The second-order valence-corrected chi connectivity index (χ2v) is 7.35. The Labute approximate surface area is 162 Å². The summed E-state index contributed by atoms with van der Waals surface area (Å²) in [7, 11) is 0. The minimum atomic E-state index is -0.459. The van der Waals surface area contributed by atoms with Gasteiger partial charge >= 0.3 is 0 Å². The van der Waals surface area contributed by atoms with Crippen LogP contribution in [0.15, 0.2) is 41.3 Å². The average Bonchev–Trinajstić information content (AvgIpc) is 2.81. The molecule has 1 heterocycles. The van der Waals surface area contributed by atoms with Crippen molar-refractivity contribution in [3.05, 3.63) is 67.0 Å². The fourth-order valence-electron chi connectivity index (χ4n) is 2.09. The number of carbonyl (C=O) groups is 2. The molecule has 1 aliphatic rings.